The third-order valence-electron chi connectivity index (χ3n) is 4.09. The molecule has 6 nitrogen and oxygen atoms in total. The Labute approximate surface area is 171 Å². The van der Waals surface area contributed by atoms with E-state index in [4.69, 9.17) is 25.5 Å². The van der Waals surface area contributed by atoms with Crippen molar-refractivity contribution in [2.75, 3.05) is 34.4 Å². The molecule has 0 aliphatic heterocycles. The fourth-order valence-electron chi connectivity index (χ4n) is 2.63. The van der Waals surface area contributed by atoms with Gasteiger partial charge in [0, 0.05) is 12.6 Å². The quantitative estimate of drug-likeness (QED) is 0.600. The Morgan fingerprint density at radius 2 is 2.18 bits per heavy atom. The molecule has 0 aliphatic rings. The molecule has 0 spiro atoms. The number of rotatable bonds is 10. The molecule has 1 heterocycles. The van der Waals surface area contributed by atoms with E-state index in [0.29, 0.717) is 29.7 Å². The van der Waals surface area contributed by atoms with Gasteiger partial charge in [-0.25, -0.2) is 0 Å². The van der Waals surface area contributed by atoms with Gasteiger partial charge in [0.15, 0.2) is 11.5 Å². The second-order valence-electron chi connectivity index (χ2n) is 6.46. The smallest absolute Gasteiger partial charge is 0.244 e. The van der Waals surface area contributed by atoms with E-state index in [1.807, 2.05) is 38.1 Å². The highest BCUT2D eigenvalue weighted by molar-refractivity contribution is 6.32. The summed E-state index contributed by atoms with van der Waals surface area (Å²) in [4.78, 5) is 14.2. The lowest BCUT2D eigenvalue weighted by Gasteiger charge is -2.22. The standard InChI is InChI=1S/C21H27ClN2O4/c1-5-10-28-21-16(22)12-15(13-19(21)26-4)8-9-20(25)23-14-17(24(2)3)18-7-6-11-27-18/h6-9,11-13,17H,5,10,14H2,1-4H3,(H,23,25)/b9-8+. The number of carbonyl (C=O) groups is 1. The summed E-state index contributed by atoms with van der Waals surface area (Å²) in [6.45, 7) is 3.00. The van der Waals surface area contributed by atoms with E-state index in [-0.39, 0.29) is 11.9 Å². The number of furan rings is 1. The van der Waals surface area contributed by atoms with E-state index in [1.54, 1.807) is 31.6 Å². The summed E-state index contributed by atoms with van der Waals surface area (Å²) >= 11 is 6.30. The number of carbonyl (C=O) groups excluding carboxylic acids is 1. The maximum atomic E-state index is 12.2. The molecule has 1 N–H and O–H groups in total. The van der Waals surface area contributed by atoms with E-state index in [2.05, 4.69) is 5.32 Å². The Bertz CT molecular complexity index is 788. The van der Waals surface area contributed by atoms with Crippen LogP contribution in [0.5, 0.6) is 11.5 Å². The molecule has 0 saturated heterocycles. The molecule has 1 aromatic heterocycles. The van der Waals surface area contributed by atoms with Crippen LogP contribution >= 0.6 is 11.6 Å². The summed E-state index contributed by atoms with van der Waals surface area (Å²) < 4.78 is 16.4. The largest absolute Gasteiger partial charge is 0.493 e. The number of methoxy groups -OCH3 is 1. The summed E-state index contributed by atoms with van der Waals surface area (Å²) in [5, 5.41) is 3.33. The normalized spacial score (nSPS) is 12.4. The molecule has 1 atom stereocenters. The van der Waals surface area contributed by atoms with E-state index >= 15 is 0 Å². The number of nitrogens with zero attached hydrogens (tertiary/aromatic N) is 1. The minimum atomic E-state index is -0.209. The van der Waals surface area contributed by atoms with Gasteiger partial charge in [-0.1, -0.05) is 18.5 Å². The lowest BCUT2D eigenvalue weighted by Crippen LogP contribution is -2.33. The number of benzene rings is 1. The molecule has 28 heavy (non-hydrogen) atoms. The highest BCUT2D eigenvalue weighted by Crippen LogP contribution is 2.36. The summed E-state index contributed by atoms with van der Waals surface area (Å²) in [5.41, 5.74) is 0.746. The van der Waals surface area contributed by atoms with Crippen LogP contribution in [0.2, 0.25) is 5.02 Å². The van der Waals surface area contributed by atoms with Crippen LogP contribution in [-0.4, -0.2) is 45.2 Å². The van der Waals surface area contributed by atoms with Crippen LogP contribution in [0.3, 0.4) is 0 Å². The second-order valence-corrected chi connectivity index (χ2v) is 6.86. The minimum absolute atomic E-state index is 0.0445. The van der Waals surface area contributed by atoms with Gasteiger partial charge in [0.05, 0.1) is 31.0 Å². The molecular weight excluding hydrogens is 380 g/mol. The number of amides is 1. The monoisotopic (exact) mass is 406 g/mol. The molecule has 0 bridgehead atoms. The van der Waals surface area contributed by atoms with Gasteiger partial charge >= 0.3 is 0 Å². The highest BCUT2D eigenvalue weighted by atomic mass is 35.5. The molecule has 1 aromatic carbocycles. The van der Waals surface area contributed by atoms with Gasteiger partial charge in [-0.3, -0.25) is 9.69 Å². The molecule has 0 saturated carbocycles. The third-order valence-corrected chi connectivity index (χ3v) is 4.37. The van der Waals surface area contributed by atoms with E-state index < -0.39 is 0 Å². The summed E-state index contributed by atoms with van der Waals surface area (Å²) in [6.07, 6.45) is 5.64. The van der Waals surface area contributed by atoms with Crippen molar-refractivity contribution in [1.29, 1.82) is 0 Å². The molecule has 0 aliphatic carbocycles. The van der Waals surface area contributed by atoms with Crippen molar-refractivity contribution in [2.45, 2.75) is 19.4 Å². The highest BCUT2D eigenvalue weighted by Gasteiger charge is 2.17. The van der Waals surface area contributed by atoms with Crippen LogP contribution in [0.4, 0.5) is 0 Å². The van der Waals surface area contributed by atoms with Crippen LogP contribution in [-0.2, 0) is 4.79 Å². The molecule has 1 amide bonds. The number of hydrogen-bond donors (Lipinski definition) is 1. The molecular formula is C21H27ClN2O4. The Kier molecular flexibility index (Phi) is 8.42. The van der Waals surface area contributed by atoms with Crippen LogP contribution in [0.1, 0.15) is 30.7 Å². The van der Waals surface area contributed by atoms with Crippen molar-refractivity contribution in [2.24, 2.45) is 0 Å². The molecule has 7 heteroatoms. The zero-order valence-electron chi connectivity index (χ0n) is 16.7. The first kappa shape index (κ1) is 21.9. The van der Waals surface area contributed by atoms with Crippen molar-refractivity contribution < 1.29 is 18.7 Å². The zero-order valence-corrected chi connectivity index (χ0v) is 17.5. The van der Waals surface area contributed by atoms with Crippen LogP contribution in [0.15, 0.2) is 41.0 Å². The van der Waals surface area contributed by atoms with Crippen molar-refractivity contribution >= 4 is 23.6 Å². The van der Waals surface area contributed by atoms with Crippen LogP contribution in [0, 0.1) is 0 Å². The first-order valence-corrected chi connectivity index (χ1v) is 9.50. The van der Waals surface area contributed by atoms with Crippen molar-refractivity contribution in [3.63, 3.8) is 0 Å². The topological polar surface area (TPSA) is 63.9 Å². The maximum absolute atomic E-state index is 12.2. The van der Waals surface area contributed by atoms with Crippen molar-refractivity contribution in [3.05, 3.63) is 53.0 Å². The molecule has 2 aromatic rings. The number of ether oxygens (including phenoxy) is 2. The third kappa shape index (κ3) is 6.04. The lowest BCUT2D eigenvalue weighted by molar-refractivity contribution is -0.116. The fraction of sp³-hybridized carbons (Fsp3) is 0.381. The van der Waals surface area contributed by atoms with Crippen molar-refractivity contribution in [3.8, 4) is 11.5 Å². The SMILES string of the molecule is CCCOc1c(Cl)cc(/C=C/C(=O)NCC(c2ccco2)N(C)C)cc1OC. The van der Waals surface area contributed by atoms with Crippen molar-refractivity contribution in [1.82, 2.24) is 10.2 Å². The summed E-state index contributed by atoms with van der Waals surface area (Å²) in [5.74, 6) is 1.64. The molecule has 2 rings (SSSR count). The molecule has 0 radical (unpaired) electrons. The van der Waals surface area contributed by atoms with E-state index in [1.165, 1.54) is 6.08 Å². The first-order chi connectivity index (χ1) is 13.5. The van der Waals surface area contributed by atoms with Crippen LogP contribution < -0.4 is 14.8 Å². The van der Waals surface area contributed by atoms with E-state index in [9.17, 15) is 4.79 Å². The average molecular weight is 407 g/mol. The summed E-state index contributed by atoms with van der Waals surface area (Å²) in [6, 6.07) is 7.20. The Hall–Kier alpha value is -2.44. The molecule has 1 unspecified atom stereocenters. The average Bonchev–Trinajstić information content (AvgIpc) is 3.19. The first-order valence-electron chi connectivity index (χ1n) is 9.12. The number of halogens is 1. The molecule has 0 fully saturated rings. The number of hydrogen-bond acceptors (Lipinski definition) is 5. The van der Waals surface area contributed by atoms with Gasteiger partial charge in [-0.2, -0.15) is 0 Å². The number of likely N-dealkylation sites (N-methyl/N-ethyl adjacent to an activating group) is 1. The Balaban J connectivity index is 2.02. The van der Waals surface area contributed by atoms with Gasteiger partial charge in [0.25, 0.3) is 0 Å². The minimum Gasteiger partial charge on any atom is -0.493 e. The van der Waals surface area contributed by atoms with Gasteiger partial charge < -0.3 is 19.2 Å². The fourth-order valence-corrected chi connectivity index (χ4v) is 2.90. The van der Waals surface area contributed by atoms with Gasteiger partial charge in [0.2, 0.25) is 5.91 Å². The summed E-state index contributed by atoms with van der Waals surface area (Å²) in [7, 11) is 5.43. The van der Waals surface area contributed by atoms with Crippen LogP contribution in [0.25, 0.3) is 6.08 Å². The predicted octanol–water partition coefficient (Wildman–Crippen LogP) is 4.16. The maximum Gasteiger partial charge on any atom is 0.244 e. The van der Waals surface area contributed by atoms with Gasteiger partial charge in [-0.05, 0) is 56.4 Å². The predicted molar refractivity (Wildman–Crippen MR) is 111 cm³/mol. The van der Waals surface area contributed by atoms with E-state index in [0.717, 1.165) is 17.7 Å². The Morgan fingerprint density at radius 3 is 2.79 bits per heavy atom. The lowest BCUT2D eigenvalue weighted by atomic mass is 10.1. The second kappa shape index (κ2) is 10.8. The number of nitrogens with one attached hydrogen (secondary N) is 1. The Morgan fingerprint density at radius 1 is 1.39 bits per heavy atom. The zero-order chi connectivity index (χ0) is 20.5. The van der Waals surface area contributed by atoms with Gasteiger partial charge in [-0.15, -0.1) is 0 Å². The van der Waals surface area contributed by atoms with Gasteiger partial charge in [0.1, 0.15) is 5.76 Å². The molecule has 152 valence electrons.